The van der Waals surface area contributed by atoms with Gasteiger partial charge in [-0.3, -0.25) is 0 Å². The van der Waals surface area contributed by atoms with Gasteiger partial charge in [0.05, 0.1) is 5.56 Å². The van der Waals surface area contributed by atoms with Gasteiger partial charge in [0.25, 0.3) is 0 Å². The van der Waals surface area contributed by atoms with Gasteiger partial charge in [-0.05, 0) is 18.2 Å². The molecule has 0 atom stereocenters. The Morgan fingerprint density at radius 1 is 1.20 bits per heavy atom. The number of nitrogens with two attached hydrogens (primary N) is 1. The van der Waals surface area contributed by atoms with Crippen LogP contribution in [-0.4, -0.2) is 4.98 Å². The number of nitrogens with zero attached hydrogens (tertiary/aromatic N) is 1. The molecular formula is C13H10F4N2O. The summed E-state index contributed by atoms with van der Waals surface area (Å²) in [6.07, 6.45) is -3.53. The summed E-state index contributed by atoms with van der Waals surface area (Å²) >= 11 is 0. The van der Waals surface area contributed by atoms with E-state index in [4.69, 9.17) is 10.5 Å². The minimum Gasteiger partial charge on any atom is -0.439 e. The molecule has 106 valence electrons. The Balaban J connectivity index is 2.34. The van der Waals surface area contributed by atoms with Crippen LogP contribution in [0.25, 0.3) is 0 Å². The fourth-order valence-corrected chi connectivity index (χ4v) is 1.59. The third-order valence-electron chi connectivity index (χ3n) is 2.56. The highest BCUT2D eigenvalue weighted by Gasteiger charge is 2.31. The Labute approximate surface area is 112 Å². The van der Waals surface area contributed by atoms with Gasteiger partial charge in [0, 0.05) is 24.4 Å². The molecule has 2 rings (SSSR count). The van der Waals surface area contributed by atoms with Crippen molar-refractivity contribution in [3.8, 4) is 11.6 Å². The normalized spacial score (nSPS) is 11.4. The maximum absolute atomic E-state index is 13.5. The smallest absolute Gasteiger partial charge is 0.416 e. The van der Waals surface area contributed by atoms with Crippen LogP contribution in [0, 0.1) is 5.82 Å². The van der Waals surface area contributed by atoms with Crippen LogP contribution < -0.4 is 10.5 Å². The van der Waals surface area contributed by atoms with E-state index in [2.05, 4.69) is 4.98 Å². The van der Waals surface area contributed by atoms with Crippen LogP contribution in [0.4, 0.5) is 17.6 Å². The second-order valence-electron chi connectivity index (χ2n) is 3.90. The maximum Gasteiger partial charge on any atom is 0.416 e. The summed E-state index contributed by atoms with van der Waals surface area (Å²) in [6.45, 7) is -0.138. The van der Waals surface area contributed by atoms with Crippen LogP contribution in [0.3, 0.4) is 0 Å². The van der Waals surface area contributed by atoms with E-state index in [1.807, 2.05) is 0 Å². The topological polar surface area (TPSA) is 48.1 Å². The summed E-state index contributed by atoms with van der Waals surface area (Å²) in [6, 6.07) is 5.53. The molecule has 0 unspecified atom stereocenters. The van der Waals surface area contributed by atoms with E-state index in [9.17, 15) is 17.6 Å². The first kappa shape index (κ1) is 14.3. The number of pyridine rings is 1. The van der Waals surface area contributed by atoms with Crippen molar-refractivity contribution in [1.29, 1.82) is 0 Å². The molecule has 0 aliphatic carbocycles. The Hall–Kier alpha value is -2.15. The zero-order chi connectivity index (χ0) is 14.8. The van der Waals surface area contributed by atoms with E-state index in [1.165, 1.54) is 18.2 Å². The van der Waals surface area contributed by atoms with Crippen LogP contribution in [0.2, 0.25) is 0 Å². The Bertz CT molecular complexity index is 614. The van der Waals surface area contributed by atoms with Crippen molar-refractivity contribution in [2.45, 2.75) is 12.7 Å². The zero-order valence-corrected chi connectivity index (χ0v) is 10.1. The third-order valence-corrected chi connectivity index (χ3v) is 2.56. The van der Waals surface area contributed by atoms with Gasteiger partial charge in [0.15, 0.2) is 0 Å². The van der Waals surface area contributed by atoms with Crippen molar-refractivity contribution in [1.82, 2.24) is 4.98 Å². The highest BCUT2D eigenvalue weighted by atomic mass is 19.4. The van der Waals surface area contributed by atoms with Crippen molar-refractivity contribution in [3.05, 3.63) is 53.5 Å². The number of ether oxygens (including phenoxy) is 1. The van der Waals surface area contributed by atoms with Gasteiger partial charge >= 0.3 is 6.18 Å². The lowest BCUT2D eigenvalue weighted by Gasteiger charge is -2.11. The first-order valence-electron chi connectivity index (χ1n) is 5.60. The summed E-state index contributed by atoms with van der Waals surface area (Å²) in [5.74, 6) is -0.823. The number of rotatable bonds is 3. The van der Waals surface area contributed by atoms with E-state index in [0.29, 0.717) is 0 Å². The molecule has 0 spiro atoms. The quantitative estimate of drug-likeness (QED) is 0.879. The molecule has 0 saturated carbocycles. The van der Waals surface area contributed by atoms with Crippen molar-refractivity contribution < 1.29 is 22.3 Å². The van der Waals surface area contributed by atoms with Crippen molar-refractivity contribution in [3.63, 3.8) is 0 Å². The standard InChI is InChI=1S/C13H10F4N2O/c14-10-2-1-3-11(9(10)7-18)20-12-6-8(4-5-19-12)13(15,16)17/h1-6H,7,18H2. The largest absolute Gasteiger partial charge is 0.439 e. The van der Waals surface area contributed by atoms with Crippen molar-refractivity contribution in [2.75, 3.05) is 0 Å². The van der Waals surface area contributed by atoms with Gasteiger partial charge in [-0.25, -0.2) is 9.37 Å². The second-order valence-corrected chi connectivity index (χ2v) is 3.90. The fourth-order valence-electron chi connectivity index (χ4n) is 1.59. The van der Waals surface area contributed by atoms with E-state index >= 15 is 0 Å². The summed E-state index contributed by atoms with van der Waals surface area (Å²) < 4.78 is 56.3. The van der Waals surface area contributed by atoms with Crippen molar-refractivity contribution >= 4 is 0 Å². The van der Waals surface area contributed by atoms with E-state index in [1.54, 1.807) is 0 Å². The minimum atomic E-state index is -4.50. The van der Waals surface area contributed by atoms with Crippen LogP contribution in [0.15, 0.2) is 36.5 Å². The first-order chi connectivity index (χ1) is 9.41. The summed E-state index contributed by atoms with van der Waals surface area (Å²) in [5.41, 5.74) is 4.56. The predicted octanol–water partition coefficient (Wildman–Crippen LogP) is 3.49. The lowest BCUT2D eigenvalue weighted by Crippen LogP contribution is -2.06. The SMILES string of the molecule is NCc1c(F)cccc1Oc1cc(C(F)(F)F)ccn1. The molecular weight excluding hydrogens is 276 g/mol. The lowest BCUT2D eigenvalue weighted by molar-refractivity contribution is -0.137. The molecule has 0 radical (unpaired) electrons. The second kappa shape index (κ2) is 5.46. The average molecular weight is 286 g/mol. The van der Waals surface area contributed by atoms with Gasteiger partial charge < -0.3 is 10.5 Å². The molecule has 7 heteroatoms. The van der Waals surface area contributed by atoms with Gasteiger partial charge in [-0.1, -0.05) is 6.07 Å². The summed E-state index contributed by atoms with van der Waals surface area (Å²) in [7, 11) is 0. The molecule has 0 aliphatic rings. The number of alkyl halides is 3. The molecule has 1 aromatic heterocycles. The third kappa shape index (κ3) is 3.05. The predicted molar refractivity (Wildman–Crippen MR) is 63.6 cm³/mol. The van der Waals surface area contributed by atoms with Gasteiger partial charge in [-0.2, -0.15) is 13.2 Å². The molecule has 0 fully saturated rings. The number of benzene rings is 1. The maximum atomic E-state index is 13.5. The summed E-state index contributed by atoms with van der Waals surface area (Å²) in [5, 5.41) is 0. The number of aromatic nitrogens is 1. The number of halogens is 4. The zero-order valence-electron chi connectivity index (χ0n) is 10.1. The Kier molecular flexibility index (Phi) is 3.89. The molecule has 1 aromatic carbocycles. The van der Waals surface area contributed by atoms with Crippen LogP contribution in [0.1, 0.15) is 11.1 Å². The van der Waals surface area contributed by atoms with Gasteiger partial charge in [0.2, 0.25) is 5.88 Å². The van der Waals surface area contributed by atoms with Crippen LogP contribution >= 0.6 is 0 Å². The Morgan fingerprint density at radius 2 is 1.95 bits per heavy atom. The minimum absolute atomic E-state index is 0.0410. The molecule has 0 saturated heterocycles. The summed E-state index contributed by atoms with van der Waals surface area (Å²) in [4.78, 5) is 3.67. The number of hydrogen-bond donors (Lipinski definition) is 1. The molecule has 1 heterocycles. The molecule has 0 bridgehead atoms. The molecule has 0 aliphatic heterocycles. The highest BCUT2D eigenvalue weighted by Crippen LogP contribution is 2.32. The molecule has 2 aromatic rings. The van der Waals surface area contributed by atoms with E-state index in [0.717, 1.165) is 18.3 Å². The van der Waals surface area contributed by atoms with Crippen LogP contribution in [0.5, 0.6) is 11.6 Å². The Morgan fingerprint density at radius 3 is 2.60 bits per heavy atom. The number of hydrogen-bond acceptors (Lipinski definition) is 3. The highest BCUT2D eigenvalue weighted by molar-refractivity contribution is 5.37. The van der Waals surface area contributed by atoms with Gasteiger partial charge in [0.1, 0.15) is 11.6 Å². The molecule has 3 nitrogen and oxygen atoms in total. The first-order valence-corrected chi connectivity index (χ1v) is 5.60. The lowest BCUT2D eigenvalue weighted by atomic mass is 10.2. The monoisotopic (exact) mass is 286 g/mol. The van der Waals surface area contributed by atoms with Crippen LogP contribution in [-0.2, 0) is 12.7 Å². The van der Waals surface area contributed by atoms with Crippen molar-refractivity contribution in [2.24, 2.45) is 5.73 Å². The molecule has 2 N–H and O–H groups in total. The van der Waals surface area contributed by atoms with E-state index in [-0.39, 0.29) is 23.7 Å². The van der Waals surface area contributed by atoms with Gasteiger partial charge in [-0.15, -0.1) is 0 Å². The fraction of sp³-hybridized carbons (Fsp3) is 0.154. The van der Waals surface area contributed by atoms with E-state index < -0.39 is 17.6 Å². The molecule has 0 amide bonds. The average Bonchev–Trinajstić information content (AvgIpc) is 2.38. The molecule has 20 heavy (non-hydrogen) atoms.